The van der Waals surface area contributed by atoms with Crippen LogP contribution >= 0.6 is 0 Å². The highest BCUT2D eigenvalue weighted by Crippen LogP contribution is 2.12. The first-order valence-electron chi connectivity index (χ1n) is 9.75. The molecule has 1 aliphatic heterocycles. The quantitative estimate of drug-likeness (QED) is 0.178. The number of hydrogen-bond donors (Lipinski definition) is 0. The van der Waals surface area contributed by atoms with Crippen molar-refractivity contribution in [2.24, 2.45) is 0 Å². The Labute approximate surface area is 152 Å². The van der Waals surface area contributed by atoms with Gasteiger partial charge in [-0.3, -0.25) is 4.79 Å². The van der Waals surface area contributed by atoms with E-state index in [-0.39, 0.29) is 24.7 Å². The summed E-state index contributed by atoms with van der Waals surface area (Å²) in [5, 5.41) is 0. The number of hydrogen-bond acceptors (Lipinski definition) is 5. The maximum atomic E-state index is 11.7. The van der Waals surface area contributed by atoms with Crippen molar-refractivity contribution < 1.29 is 23.8 Å². The molecule has 5 heteroatoms. The topological polar surface area (TPSA) is 65.1 Å². The van der Waals surface area contributed by atoms with Gasteiger partial charge in [-0.25, -0.2) is 4.79 Å². The minimum atomic E-state index is -0.504. The second-order valence-electron chi connectivity index (χ2n) is 6.74. The summed E-state index contributed by atoms with van der Waals surface area (Å²) in [5.74, 6) is -0.966. The molecular weight excluding hydrogens is 320 g/mol. The van der Waals surface area contributed by atoms with Crippen LogP contribution in [0.2, 0.25) is 0 Å². The molecule has 0 aromatic heterocycles. The van der Waals surface area contributed by atoms with Crippen LogP contribution < -0.4 is 0 Å². The van der Waals surface area contributed by atoms with Crippen LogP contribution in [-0.2, 0) is 23.8 Å². The first-order valence-corrected chi connectivity index (χ1v) is 9.75. The Morgan fingerprint density at radius 2 is 1.52 bits per heavy atom. The van der Waals surface area contributed by atoms with E-state index in [1.807, 2.05) is 0 Å². The lowest BCUT2D eigenvalue weighted by atomic mass is 10.1. The van der Waals surface area contributed by atoms with E-state index in [9.17, 15) is 9.59 Å². The van der Waals surface area contributed by atoms with Crippen LogP contribution in [0.1, 0.15) is 77.6 Å². The largest absolute Gasteiger partial charge is 0.463 e. The van der Waals surface area contributed by atoms with Crippen molar-refractivity contribution in [2.45, 2.75) is 83.7 Å². The molecule has 1 unspecified atom stereocenters. The highest BCUT2D eigenvalue weighted by molar-refractivity contribution is 5.93. The van der Waals surface area contributed by atoms with E-state index in [1.54, 1.807) is 0 Å². The van der Waals surface area contributed by atoms with Gasteiger partial charge in [0.1, 0.15) is 12.7 Å². The summed E-state index contributed by atoms with van der Waals surface area (Å²) in [6, 6.07) is 0. The van der Waals surface area contributed by atoms with Crippen molar-refractivity contribution in [3.8, 4) is 0 Å². The molecule has 0 aromatic carbocycles. The highest BCUT2D eigenvalue weighted by atomic mass is 16.6. The molecule has 5 nitrogen and oxygen atoms in total. The molecule has 0 saturated carbocycles. The van der Waals surface area contributed by atoms with Crippen LogP contribution in [0.5, 0.6) is 0 Å². The Kier molecular flexibility index (Phi) is 12.0. The van der Waals surface area contributed by atoms with Gasteiger partial charge < -0.3 is 14.2 Å². The molecule has 0 aromatic rings. The number of unbranched alkanes of at least 4 members (excludes halogenated alkanes) is 9. The molecule has 0 radical (unpaired) electrons. The van der Waals surface area contributed by atoms with Gasteiger partial charge in [-0.1, -0.05) is 71.3 Å². The fraction of sp³-hybridized carbons (Fsp3) is 0.800. The molecule has 1 saturated heterocycles. The third-order valence-corrected chi connectivity index (χ3v) is 4.21. The molecule has 0 aliphatic carbocycles. The second kappa shape index (κ2) is 13.9. The lowest BCUT2D eigenvalue weighted by Crippen LogP contribution is -2.15. The summed E-state index contributed by atoms with van der Waals surface area (Å²) in [7, 11) is 0. The van der Waals surface area contributed by atoms with E-state index in [4.69, 9.17) is 14.2 Å². The summed E-state index contributed by atoms with van der Waals surface area (Å²) < 4.78 is 15.1. The molecule has 0 spiro atoms. The second-order valence-corrected chi connectivity index (χ2v) is 6.74. The summed E-state index contributed by atoms with van der Waals surface area (Å²) in [6.45, 7) is 7.11. The Balaban J connectivity index is 1.88. The maximum Gasteiger partial charge on any atom is 0.333 e. The van der Waals surface area contributed by atoms with Crippen molar-refractivity contribution in [2.75, 3.05) is 19.8 Å². The summed E-state index contributed by atoms with van der Waals surface area (Å²) in [5.41, 5.74) is 0.147. The minimum Gasteiger partial charge on any atom is -0.463 e. The number of rotatable bonds is 16. The van der Waals surface area contributed by atoms with Crippen LogP contribution in [0, 0.1) is 0 Å². The van der Waals surface area contributed by atoms with E-state index in [2.05, 4.69) is 13.5 Å². The van der Waals surface area contributed by atoms with Crippen molar-refractivity contribution in [1.82, 2.24) is 0 Å². The predicted molar refractivity (Wildman–Crippen MR) is 97.3 cm³/mol. The fourth-order valence-electron chi connectivity index (χ4n) is 2.50. The van der Waals surface area contributed by atoms with Crippen molar-refractivity contribution in [3.05, 3.63) is 12.2 Å². The molecule has 0 bridgehead atoms. The number of ether oxygens (including phenoxy) is 3. The van der Waals surface area contributed by atoms with Crippen molar-refractivity contribution >= 4 is 11.9 Å². The van der Waals surface area contributed by atoms with Crippen molar-refractivity contribution in [3.63, 3.8) is 0 Å². The number of carbonyl (C=O) groups is 2. The van der Waals surface area contributed by atoms with Crippen LogP contribution in [-0.4, -0.2) is 37.9 Å². The zero-order chi connectivity index (χ0) is 18.3. The molecule has 0 amide bonds. The van der Waals surface area contributed by atoms with Crippen LogP contribution in [0.3, 0.4) is 0 Å². The molecule has 1 heterocycles. The first-order chi connectivity index (χ1) is 12.1. The monoisotopic (exact) mass is 354 g/mol. The molecule has 0 N–H and O–H groups in total. The zero-order valence-electron chi connectivity index (χ0n) is 15.7. The summed E-state index contributed by atoms with van der Waals surface area (Å²) in [4.78, 5) is 23.2. The Bertz CT molecular complexity index is 401. The van der Waals surface area contributed by atoms with Crippen LogP contribution in [0.15, 0.2) is 12.2 Å². The lowest BCUT2D eigenvalue weighted by Gasteiger charge is -2.07. The van der Waals surface area contributed by atoms with E-state index in [1.165, 1.54) is 51.4 Å². The Morgan fingerprint density at radius 3 is 2.08 bits per heavy atom. The molecule has 1 fully saturated rings. The van der Waals surface area contributed by atoms with Gasteiger partial charge in [0.15, 0.2) is 0 Å². The fourth-order valence-corrected chi connectivity index (χ4v) is 2.50. The molecule has 144 valence electrons. The van der Waals surface area contributed by atoms with Gasteiger partial charge in [0, 0.05) is 5.57 Å². The third-order valence-electron chi connectivity index (χ3n) is 4.21. The Hall–Kier alpha value is -1.36. The van der Waals surface area contributed by atoms with Crippen LogP contribution in [0.25, 0.3) is 0 Å². The van der Waals surface area contributed by atoms with Gasteiger partial charge in [0.25, 0.3) is 0 Å². The third kappa shape index (κ3) is 12.6. The first kappa shape index (κ1) is 21.7. The van der Waals surface area contributed by atoms with Gasteiger partial charge >= 0.3 is 11.9 Å². The average Bonchev–Trinajstić information content (AvgIpc) is 3.42. The predicted octanol–water partition coefficient (Wildman–Crippen LogP) is 4.34. The van der Waals surface area contributed by atoms with E-state index in [0.717, 1.165) is 12.8 Å². The van der Waals surface area contributed by atoms with Gasteiger partial charge in [-0.15, -0.1) is 0 Å². The molecule has 1 rings (SSSR count). The van der Waals surface area contributed by atoms with Gasteiger partial charge in [-0.05, 0) is 6.42 Å². The zero-order valence-corrected chi connectivity index (χ0v) is 15.7. The SMILES string of the molecule is C=C(CC(=O)OCC1CO1)C(=O)OCCCCCCCCCCCC. The van der Waals surface area contributed by atoms with Gasteiger partial charge in [0.05, 0.1) is 19.6 Å². The summed E-state index contributed by atoms with van der Waals surface area (Å²) in [6.07, 6.45) is 12.3. The minimum absolute atomic E-state index is 0.0282. The standard InChI is InChI=1S/C20H34O5/c1-3-4-5-6-7-8-9-10-11-12-13-23-20(22)17(2)14-19(21)25-16-18-15-24-18/h18H,2-16H2,1H3. The lowest BCUT2D eigenvalue weighted by molar-refractivity contribution is -0.146. The number of epoxide rings is 1. The van der Waals surface area contributed by atoms with E-state index < -0.39 is 11.9 Å². The number of esters is 2. The van der Waals surface area contributed by atoms with E-state index in [0.29, 0.717) is 13.2 Å². The molecule has 1 aliphatic rings. The van der Waals surface area contributed by atoms with Crippen LogP contribution in [0.4, 0.5) is 0 Å². The molecule has 1 atom stereocenters. The van der Waals surface area contributed by atoms with Gasteiger partial charge in [-0.2, -0.15) is 0 Å². The average molecular weight is 354 g/mol. The Morgan fingerprint density at radius 1 is 0.960 bits per heavy atom. The van der Waals surface area contributed by atoms with E-state index >= 15 is 0 Å². The smallest absolute Gasteiger partial charge is 0.333 e. The van der Waals surface area contributed by atoms with Gasteiger partial charge in [0.2, 0.25) is 0 Å². The maximum absolute atomic E-state index is 11.7. The summed E-state index contributed by atoms with van der Waals surface area (Å²) >= 11 is 0. The normalized spacial score (nSPS) is 15.6. The highest BCUT2D eigenvalue weighted by Gasteiger charge is 2.24. The molecular formula is C20H34O5. The van der Waals surface area contributed by atoms with Crippen molar-refractivity contribution in [1.29, 1.82) is 0 Å². The number of carbonyl (C=O) groups excluding carboxylic acids is 2. The molecule has 25 heavy (non-hydrogen) atoms.